The summed E-state index contributed by atoms with van der Waals surface area (Å²) in [6, 6.07) is 0. The third-order valence-corrected chi connectivity index (χ3v) is 23.1. The summed E-state index contributed by atoms with van der Waals surface area (Å²) >= 11 is 0. The Hall–Kier alpha value is -0.550. The van der Waals surface area contributed by atoms with E-state index in [2.05, 4.69) is 73.6 Å². The number of hydrogen-bond donors (Lipinski definition) is 2. The molecule has 0 aromatic carbocycles. The smallest absolute Gasteiger partial charge is 0.746 e. The maximum Gasteiger partial charge on any atom is 1.00 e. The summed E-state index contributed by atoms with van der Waals surface area (Å²) in [6.07, 6.45) is 13.7. The van der Waals surface area contributed by atoms with Crippen molar-refractivity contribution in [3.63, 3.8) is 0 Å². The van der Waals surface area contributed by atoms with Crippen LogP contribution in [0.25, 0.3) is 0 Å². The topological polar surface area (TPSA) is 237 Å². The van der Waals surface area contributed by atoms with Crippen LogP contribution >= 0.6 is 15.6 Å². The van der Waals surface area contributed by atoms with Gasteiger partial charge in [0.2, 0.25) is 0 Å². The van der Waals surface area contributed by atoms with Gasteiger partial charge in [0.25, 0.3) is 5.76 Å². The summed E-state index contributed by atoms with van der Waals surface area (Å²) in [4.78, 5) is 66.9. The summed E-state index contributed by atoms with van der Waals surface area (Å²) in [5.41, 5.74) is 1.45. The molecule has 0 bridgehead atoms. The van der Waals surface area contributed by atoms with Crippen LogP contribution in [0.2, 0.25) is 0 Å². The van der Waals surface area contributed by atoms with Gasteiger partial charge in [0, 0.05) is 12.3 Å². The van der Waals surface area contributed by atoms with Crippen molar-refractivity contribution in [2.75, 3.05) is 6.61 Å². The largest absolute Gasteiger partial charge is 1.00 e. The van der Waals surface area contributed by atoms with Gasteiger partial charge in [-0.25, -0.2) is 4.79 Å². The Balaban J connectivity index is 0.00000504. The van der Waals surface area contributed by atoms with E-state index in [-0.39, 0.29) is 119 Å². The molecule has 20 heteroatoms. The monoisotopic (exact) mass is 1160 g/mol. The van der Waals surface area contributed by atoms with Crippen molar-refractivity contribution in [1.82, 2.24) is 0 Å². The van der Waals surface area contributed by atoms with E-state index in [1.807, 2.05) is 13.8 Å². The van der Waals surface area contributed by atoms with Crippen LogP contribution in [0.5, 0.6) is 0 Å². The molecule has 0 spiro atoms. The van der Waals surface area contributed by atoms with Crippen LogP contribution in [-0.4, -0.2) is 71.4 Å². The van der Waals surface area contributed by atoms with Crippen molar-refractivity contribution < 1.29 is 135 Å². The molecule has 0 aromatic heterocycles. The minimum atomic E-state index is -5.61. The van der Waals surface area contributed by atoms with Gasteiger partial charge in [-0.2, -0.15) is 0 Å². The molecule has 6 aliphatic carbocycles. The molecule has 7 unspecified atom stereocenters. The molecule has 2 N–H and O–H groups in total. The zero-order valence-corrected chi connectivity index (χ0v) is 55.4. The maximum atomic E-state index is 13.8. The number of aliphatic hydroxyl groups excluding tert-OH is 2. The molecule has 22 atom stereocenters. The van der Waals surface area contributed by atoms with Crippen molar-refractivity contribution in [3.05, 3.63) is 35.3 Å². The fraction of sp³-hybridized carbons (Fsp3) is 0.847. The third kappa shape index (κ3) is 15.2. The number of carbonyl (C=O) groups excluding carboxylic acids is 3. The van der Waals surface area contributed by atoms with E-state index in [1.165, 1.54) is 44.9 Å². The number of aliphatic hydroxyl groups is 2. The van der Waals surface area contributed by atoms with E-state index < -0.39 is 82.6 Å². The second-order valence-corrected chi connectivity index (χ2v) is 28.7. The summed E-state index contributed by atoms with van der Waals surface area (Å²) < 4.78 is 66.2. The predicted octanol–water partition coefficient (Wildman–Crippen LogP) is 4.83. The molecule has 0 radical (unpaired) electrons. The minimum absolute atomic E-state index is 0. The summed E-state index contributed by atoms with van der Waals surface area (Å²) in [6.45, 7) is 21.5. The van der Waals surface area contributed by atoms with E-state index >= 15 is 0 Å². The van der Waals surface area contributed by atoms with E-state index in [9.17, 15) is 43.5 Å². The molecule has 5 fully saturated rings. The molecule has 0 amide bonds. The molecular weight excluding hydrogens is 1070 g/mol. The average Bonchev–Trinajstić information content (AvgIpc) is 3.91. The van der Waals surface area contributed by atoms with Crippen LogP contribution in [0.15, 0.2) is 35.3 Å². The molecule has 2 aliphatic heterocycles. The Morgan fingerprint density at radius 2 is 1.52 bits per heavy atom. The number of esters is 3. The first-order valence-electron chi connectivity index (χ1n) is 29.7. The van der Waals surface area contributed by atoms with Crippen LogP contribution in [0.4, 0.5) is 0 Å². The Morgan fingerprint density at radius 3 is 2.20 bits per heavy atom. The van der Waals surface area contributed by atoms with Gasteiger partial charge < -0.3 is 52.3 Å². The van der Waals surface area contributed by atoms with Gasteiger partial charge in [-0.15, -0.1) is 0 Å². The number of phosphoric ester groups is 2. The van der Waals surface area contributed by atoms with Crippen LogP contribution in [0.3, 0.4) is 0 Å². The van der Waals surface area contributed by atoms with Crippen molar-refractivity contribution in [2.45, 2.75) is 221 Å². The SMILES string of the molecule is CC[C@H](CC[C@@H](C)C1CC[C@H]2[C@@H]3CC[C@H]4CC(OP(=O)([O-])OC5=C(OP(=O)([O-])OC6CC(=O)O[C@H](CC[C@@H]7[C@@H]8C(=C[C@H](C)C[C@@H]8OC(=O)[C@@H](C)CC)C=C[C@@H]7C)C6)C(C(O)CO)OC5=O)CC[C@]4(C)[C@H]3CC[C@]12C)C(C)C.[Na+].[Na+]. The van der Waals surface area contributed by atoms with Gasteiger partial charge in [0.15, 0.2) is 11.9 Å². The summed E-state index contributed by atoms with van der Waals surface area (Å²) in [5.74, 6) is 0.354. The Bertz CT molecular complexity index is 2330. The van der Waals surface area contributed by atoms with Gasteiger partial charge in [-0.1, -0.05) is 100 Å². The molecule has 0 aromatic rings. The van der Waals surface area contributed by atoms with Gasteiger partial charge in [-0.05, 0) is 171 Å². The second kappa shape index (κ2) is 27.9. The van der Waals surface area contributed by atoms with Gasteiger partial charge in [0.1, 0.15) is 18.3 Å². The number of ether oxygens (including phenoxy) is 3. The molecule has 436 valence electrons. The molecule has 1 saturated heterocycles. The first-order valence-corrected chi connectivity index (χ1v) is 32.6. The first kappa shape index (κ1) is 67.6. The Kier molecular flexibility index (Phi) is 23.8. The fourth-order valence-corrected chi connectivity index (χ4v) is 18.7. The third-order valence-electron chi connectivity index (χ3n) is 21.2. The Labute approximate surface area is 515 Å². The average molecular weight is 1170 g/mol. The Morgan fingerprint density at radius 1 is 0.835 bits per heavy atom. The molecule has 79 heavy (non-hydrogen) atoms. The van der Waals surface area contributed by atoms with E-state index in [1.54, 1.807) is 0 Å². The van der Waals surface area contributed by atoms with Gasteiger partial charge >= 0.3 is 92.7 Å². The van der Waals surface area contributed by atoms with Crippen molar-refractivity contribution in [2.24, 2.45) is 87.8 Å². The summed E-state index contributed by atoms with van der Waals surface area (Å²) in [7, 11) is -11.1. The number of rotatable bonds is 22. The van der Waals surface area contributed by atoms with Crippen molar-refractivity contribution >= 4 is 33.6 Å². The molecule has 8 aliphatic rings. The molecule has 8 rings (SSSR count). The molecule has 4 saturated carbocycles. The van der Waals surface area contributed by atoms with Gasteiger partial charge in [-0.3, -0.25) is 18.7 Å². The zero-order valence-electron chi connectivity index (χ0n) is 49.6. The number of phosphoric acid groups is 2. The van der Waals surface area contributed by atoms with Gasteiger partial charge in [0.05, 0.1) is 31.2 Å². The normalized spacial score (nSPS) is 39.0. The molecular formula is C59H92Na2O16P2. The predicted molar refractivity (Wildman–Crippen MR) is 284 cm³/mol. The maximum absolute atomic E-state index is 13.8. The fourth-order valence-electron chi connectivity index (χ4n) is 16.7. The number of carbonyl (C=O) groups is 3. The van der Waals surface area contributed by atoms with E-state index in [0.717, 1.165) is 36.7 Å². The quantitative estimate of drug-likeness (QED) is 0.0639. The standard InChI is InChI=1S/C59H94O16P2.2Na/c1-11-35(6)56(63)70-50-28-34(5)27-39-16-13-36(7)44(52(39)50)20-18-41-30-43(31-51(62)69-41)73-77(67,68)74-54-53(49(61)32-60)71-57(64)55(54)75-76(65,66)72-42-23-25-58(9)40(29-42)17-19-45-47-22-21-46(59(47,10)26-24-48(45)58)37(8)14-15-38(12-2)33(3)4;;/h13,16,27,33-38,40-50,52-53,60-61H,11-12,14-15,17-26,28-32H2,1-10H3,(H,65,66)(H,67,68);;/q;2*+1/p-2/t34-,35-,36-,37+,38+,40-,41+,42?,43?,44-,45-,46?,47-,48-,49?,50-,52-,53?,58-,59+;;/m0../s1. The minimum Gasteiger partial charge on any atom is -0.746 e. The number of hydrogen-bond acceptors (Lipinski definition) is 16. The molecule has 2 heterocycles. The van der Waals surface area contributed by atoms with Crippen LogP contribution in [0, 0.1) is 87.8 Å². The number of cyclic esters (lactones) is 2. The van der Waals surface area contributed by atoms with E-state index in [0.29, 0.717) is 73.5 Å². The number of allylic oxidation sites excluding steroid dienone is 3. The first-order chi connectivity index (χ1) is 36.3. The van der Waals surface area contributed by atoms with Crippen LogP contribution in [0.1, 0.15) is 185 Å². The zero-order chi connectivity index (χ0) is 55.9. The van der Waals surface area contributed by atoms with Crippen molar-refractivity contribution in [3.8, 4) is 0 Å². The van der Waals surface area contributed by atoms with Crippen LogP contribution in [-0.2, 0) is 55.8 Å². The van der Waals surface area contributed by atoms with Crippen molar-refractivity contribution in [1.29, 1.82) is 0 Å². The molecule has 16 nitrogen and oxygen atoms in total. The van der Waals surface area contributed by atoms with Crippen LogP contribution < -0.4 is 68.9 Å². The second-order valence-electron chi connectivity index (χ2n) is 26.1. The van der Waals surface area contributed by atoms with E-state index in [4.69, 9.17) is 32.3 Å². The summed E-state index contributed by atoms with van der Waals surface area (Å²) in [5, 5.41) is 20.5. The number of fused-ring (bicyclic) bond motifs is 6.